The van der Waals surface area contributed by atoms with Gasteiger partial charge in [0, 0.05) is 18.5 Å². The molecule has 1 heterocycles. The Morgan fingerprint density at radius 3 is 3.00 bits per heavy atom. The van der Waals surface area contributed by atoms with Crippen molar-refractivity contribution in [1.82, 2.24) is 5.32 Å². The fourth-order valence-corrected chi connectivity index (χ4v) is 1.61. The molecule has 1 atom stereocenters. The van der Waals surface area contributed by atoms with E-state index in [-0.39, 0.29) is 0 Å². The molecular weight excluding hydrogens is 206 g/mol. The summed E-state index contributed by atoms with van der Waals surface area (Å²) >= 11 is 0. The van der Waals surface area contributed by atoms with Gasteiger partial charge in [-0.25, -0.2) is 0 Å². The van der Waals surface area contributed by atoms with Crippen LogP contribution in [0.5, 0.6) is 17.2 Å². The molecule has 0 amide bonds. The molecular formula is C12H17NO3. The molecule has 1 aromatic carbocycles. The highest BCUT2D eigenvalue weighted by Crippen LogP contribution is 2.35. The van der Waals surface area contributed by atoms with Gasteiger partial charge in [0.15, 0.2) is 11.5 Å². The van der Waals surface area contributed by atoms with Crippen molar-refractivity contribution in [3.05, 3.63) is 18.2 Å². The van der Waals surface area contributed by atoms with E-state index in [4.69, 9.17) is 14.2 Å². The summed E-state index contributed by atoms with van der Waals surface area (Å²) in [6.45, 7) is 4.09. The summed E-state index contributed by atoms with van der Waals surface area (Å²) in [5.41, 5.74) is 0. The number of rotatable bonds is 5. The summed E-state index contributed by atoms with van der Waals surface area (Å²) in [4.78, 5) is 0. The third kappa shape index (κ3) is 2.58. The van der Waals surface area contributed by atoms with E-state index in [1.165, 1.54) is 0 Å². The van der Waals surface area contributed by atoms with Gasteiger partial charge >= 0.3 is 0 Å². The summed E-state index contributed by atoms with van der Waals surface area (Å²) in [7, 11) is 1.94. The van der Waals surface area contributed by atoms with Crippen molar-refractivity contribution in [3.8, 4) is 17.2 Å². The average Bonchev–Trinajstić information content (AvgIpc) is 2.74. The second kappa shape index (κ2) is 5.07. The van der Waals surface area contributed by atoms with Crippen LogP contribution in [0.15, 0.2) is 18.2 Å². The number of fused-ring (bicyclic) bond motifs is 1. The molecule has 4 nitrogen and oxygen atoms in total. The van der Waals surface area contributed by atoms with Gasteiger partial charge in [-0.05, 0) is 19.2 Å². The first-order chi connectivity index (χ1) is 7.79. The first-order valence-electron chi connectivity index (χ1n) is 5.46. The highest BCUT2D eigenvalue weighted by Gasteiger charge is 2.13. The summed E-state index contributed by atoms with van der Waals surface area (Å²) < 4.78 is 16.2. The Bertz CT molecular complexity index is 354. The van der Waals surface area contributed by atoms with Crippen molar-refractivity contribution >= 4 is 0 Å². The zero-order chi connectivity index (χ0) is 11.4. The smallest absolute Gasteiger partial charge is 0.231 e. The normalized spacial score (nSPS) is 14.9. The van der Waals surface area contributed by atoms with Crippen molar-refractivity contribution in [3.63, 3.8) is 0 Å². The minimum absolute atomic E-state index is 0.301. The summed E-state index contributed by atoms with van der Waals surface area (Å²) in [6.07, 6.45) is 0. The van der Waals surface area contributed by atoms with E-state index in [1.54, 1.807) is 0 Å². The lowest BCUT2D eigenvalue weighted by Crippen LogP contribution is -2.21. The molecule has 1 aromatic rings. The van der Waals surface area contributed by atoms with E-state index < -0.39 is 0 Å². The van der Waals surface area contributed by atoms with Crippen LogP contribution in [0.4, 0.5) is 0 Å². The molecule has 0 radical (unpaired) electrons. The molecule has 0 spiro atoms. The van der Waals surface area contributed by atoms with Crippen molar-refractivity contribution in [2.45, 2.75) is 6.92 Å². The molecule has 88 valence electrons. The topological polar surface area (TPSA) is 39.7 Å². The van der Waals surface area contributed by atoms with E-state index in [0.29, 0.717) is 19.3 Å². The largest absolute Gasteiger partial charge is 0.493 e. The van der Waals surface area contributed by atoms with Gasteiger partial charge in [0.05, 0.1) is 6.61 Å². The second-order valence-corrected chi connectivity index (χ2v) is 3.99. The van der Waals surface area contributed by atoms with Crippen LogP contribution in [0.3, 0.4) is 0 Å². The first-order valence-corrected chi connectivity index (χ1v) is 5.46. The van der Waals surface area contributed by atoms with Crippen LogP contribution in [-0.2, 0) is 0 Å². The van der Waals surface area contributed by atoms with Gasteiger partial charge in [-0.2, -0.15) is 0 Å². The molecule has 1 aliphatic rings. The number of hydrogen-bond acceptors (Lipinski definition) is 4. The van der Waals surface area contributed by atoms with Gasteiger partial charge in [-0.3, -0.25) is 0 Å². The van der Waals surface area contributed by atoms with Crippen LogP contribution >= 0.6 is 0 Å². The van der Waals surface area contributed by atoms with Crippen molar-refractivity contribution < 1.29 is 14.2 Å². The van der Waals surface area contributed by atoms with Crippen molar-refractivity contribution in [1.29, 1.82) is 0 Å². The fourth-order valence-electron chi connectivity index (χ4n) is 1.61. The summed E-state index contributed by atoms with van der Waals surface area (Å²) in [6, 6.07) is 5.65. The predicted octanol–water partition coefficient (Wildman–Crippen LogP) is 1.65. The van der Waals surface area contributed by atoms with E-state index in [0.717, 1.165) is 23.8 Å². The second-order valence-electron chi connectivity index (χ2n) is 3.99. The maximum absolute atomic E-state index is 5.67. The average molecular weight is 223 g/mol. The number of hydrogen-bond donors (Lipinski definition) is 1. The quantitative estimate of drug-likeness (QED) is 0.824. The van der Waals surface area contributed by atoms with Gasteiger partial charge in [-0.1, -0.05) is 6.92 Å². The molecule has 16 heavy (non-hydrogen) atoms. The minimum atomic E-state index is 0.301. The molecule has 2 rings (SSSR count). The predicted molar refractivity (Wildman–Crippen MR) is 61.2 cm³/mol. The van der Waals surface area contributed by atoms with Gasteiger partial charge < -0.3 is 19.5 Å². The molecule has 0 aliphatic carbocycles. The third-order valence-corrected chi connectivity index (χ3v) is 2.43. The van der Waals surface area contributed by atoms with Crippen molar-refractivity contribution in [2.75, 3.05) is 27.0 Å². The molecule has 4 heteroatoms. The number of nitrogens with one attached hydrogen (secondary N) is 1. The molecule has 1 N–H and O–H groups in total. The SMILES string of the molecule is CNCC(C)COc1ccc2c(c1)OCO2. The van der Waals surface area contributed by atoms with E-state index in [2.05, 4.69) is 12.2 Å². The monoisotopic (exact) mass is 223 g/mol. The highest BCUT2D eigenvalue weighted by molar-refractivity contribution is 5.46. The molecule has 0 bridgehead atoms. The Hall–Kier alpha value is -1.42. The molecule has 0 saturated carbocycles. The van der Waals surface area contributed by atoms with Crippen LogP contribution in [0.2, 0.25) is 0 Å². The third-order valence-electron chi connectivity index (χ3n) is 2.43. The molecule has 0 saturated heterocycles. The molecule has 0 aromatic heterocycles. The van der Waals surface area contributed by atoms with Gasteiger partial charge in [-0.15, -0.1) is 0 Å². The maximum atomic E-state index is 5.67. The number of benzene rings is 1. The summed E-state index contributed by atoms with van der Waals surface area (Å²) in [5, 5.41) is 3.12. The standard InChI is InChI=1S/C12H17NO3/c1-9(6-13-2)7-14-10-3-4-11-12(5-10)16-8-15-11/h3-5,9,13H,6-8H2,1-2H3. The van der Waals surface area contributed by atoms with Crippen LogP contribution in [0.1, 0.15) is 6.92 Å². The minimum Gasteiger partial charge on any atom is -0.493 e. The first kappa shape index (κ1) is 11.1. The van der Waals surface area contributed by atoms with E-state index in [1.807, 2.05) is 25.2 Å². The Balaban J connectivity index is 1.90. The molecule has 1 unspecified atom stereocenters. The van der Waals surface area contributed by atoms with Gasteiger partial charge in [0.2, 0.25) is 6.79 Å². The van der Waals surface area contributed by atoms with Crippen molar-refractivity contribution in [2.24, 2.45) is 5.92 Å². The zero-order valence-corrected chi connectivity index (χ0v) is 9.66. The lowest BCUT2D eigenvalue weighted by Gasteiger charge is -2.12. The van der Waals surface area contributed by atoms with E-state index in [9.17, 15) is 0 Å². The zero-order valence-electron chi connectivity index (χ0n) is 9.66. The Morgan fingerprint density at radius 1 is 1.38 bits per heavy atom. The van der Waals surface area contributed by atoms with E-state index >= 15 is 0 Å². The van der Waals surface area contributed by atoms with Crippen LogP contribution < -0.4 is 19.5 Å². The molecule has 1 aliphatic heterocycles. The highest BCUT2D eigenvalue weighted by atomic mass is 16.7. The maximum Gasteiger partial charge on any atom is 0.231 e. The van der Waals surface area contributed by atoms with Crippen LogP contribution in [0.25, 0.3) is 0 Å². The summed E-state index contributed by atoms with van der Waals surface area (Å²) in [5.74, 6) is 2.86. The Morgan fingerprint density at radius 2 is 2.19 bits per heavy atom. The lowest BCUT2D eigenvalue weighted by atomic mass is 10.2. The number of ether oxygens (including phenoxy) is 3. The molecule has 0 fully saturated rings. The van der Waals surface area contributed by atoms with Crippen LogP contribution in [0, 0.1) is 5.92 Å². The van der Waals surface area contributed by atoms with Crippen LogP contribution in [-0.4, -0.2) is 27.0 Å². The van der Waals surface area contributed by atoms with Gasteiger partial charge in [0.25, 0.3) is 0 Å². The Labute approximate surface area is 95.5 Å². The lowest BCUT2D eigenvalue weighted by molar-refractivity contribution is 0.173. The van der Waals surface area contributed by atoms with Gasteiger partial charge in [0.1, 0.15) is 5.75 Å². The fraction of sp³-hybridized carbons (Fsp3) is 0.500. The Kier molecular flexibility index (Phi) is 3.51.